The second-order valence-electron chi connectivity index (χ2n) is 6.16. The molecule has 2 N–H and O–H groups in total. The zero-order valence-corrected chi connectivity index (χ0v) is 16.1. The standard InChI is InChI=1S/C16H23N3O5S2/c20-12(17-6-7-19-13(21)10-26-16(19)25)9-24-14(22)8-18-15(23)11-4-2-1-3-5-11/h11H,1-10H2,(H,17,20)(H,18,23). The lowest BCUT2D eigenvalue weighted by molar-refractivity contribution is -0.148. The van der Waals surface area contributed by atoms with Gasteiger partial charge in [0.2, 0.25) is 11.8 Å². The van der Waals surface area contributed by atoms with Crippen molar-refractivity contribution in [3.63, 3.8) is 0 Å². The van der Waals surface area contributed by atoms with Crippen LogP contribution in [0.2, 0.25) is 0 Å². The van der Waals surface area contributed by atoms with Crippen LogP contribution in [0.5, 0.6) is 0 Å². The first-order valence-electron chi connectivity index (χ1n) is 8.64. The molecule has 0 aromatic rings. The highest BCUT2D eigenvalue weighted by Crippen LogP contribution is 2.23. The molecule has 1 aliphatic heterocycles. The van der Waals surface area contributed by atoms with Gasteiger partial charge in [0, 0.05) is 19.0 Å². The van der Waals surface area contributed by atoms with Gasteiger partial charge in [0.25, 0.3) is 5.91 Å². The number of hydrogen-bond acceptors (Lipinski definition) is 7. The van der Waals surface area contributed by atoms with Gasteiger partial charge in [-0.25, -0.2) is 0 Å². The molecule has 0 bridgehead atoms. The summed E-state index contributed by atoms with van der Waals surface area (Å²) in [6, 6.07) is 0. The molecule has 2 aliphatic rings. The second kappa shape index (κ2) is 10.5. The van der Waals surface area contributed by atoms with Gasteiger partial charge < -0.3 is 15.4 Å². The molecule has 3 amide bonds. The maximum atomic E-state index is 11.9. The first kappa shape index (κ1) is 20.6. The van der Waals surface area contributed by atoms with E-state index in [4.69, 9.17) is 17.0 Å². The van der Waals surface area contributed by atoms with Crippen LogP contribution < -0.4 is 10.6 Å². The number of rotatable bonds is 8. The van der Waals surface area contributed by atoms with Gasteiger partial charge in [0.05, 0.1) is 5.75 Å². The quantitative estimate of drug-likeness (QED) is 0.442. The van der Waals surface area contributed by atoms with Crippen molar-refractivity contribution in [3.05, 3.63) is 0 Å². The third kappa shape index (κ3) is 6.56. The van der Waals surface area contributed by atoms with Crippen LogP contribution in [0.3, 0.4) is 0 Å². The van der Waals surface area contributed by atoms with Crippen molar-refractivity contribution in [1.29, 1.82) is 0 Å². The summed E-state index contributed by atoms with van der Waals surface area (Å²) in [6.45, 7) is -0.148. The number of hydrogen-bond donors (Lipinski definition) is 2. The Hall–Kier alpha value is -1.68. The minimum atomic E-state index is -0.656. The molecule has 26 heavy (non-hydrogen) atoms. The number of carbonyl (C=O) groups is 4. The average Bonchev–Trinajstić information content (AvgIpc) is 2.97. The van der Waals surface area contributed by atoms with E-state index in [-0.39, 0.29) is 30.8 Å². The van der Waals surface area contributed by atoms with E-state index in [0.29, 0.717) is 16.6 Å². The molecule has 144 valence electrons. The molecule has 2 fully saturated rings. The van der Waals surface area contributed by atoms with Gasteiger partial charge in [-0.2, -0.15) is 0 Å². The highest BCUT2D eigenvalue weighted by Gasteiger charge is 2.26. The van der Waals surface area contributed by atoms with Crippen LogP contribution in [0.1, 0.15) is 32.1 Å². The SMILES string of the molecule is O=C(COC(=O)CNC(=O)C1CCCCC1)NCCN1C(=O)CSC1=S. The van der Waals surface area contributed by atoms with E-state index in [9.17, 15) is 19.2 Å². The fraction of sp³-hybridized carbons (Fsp3) is 0.688. The maximum absolute atomic E-state index is 11.9. The molecule has 2 rings (SSSR count). The normalized spacial score (nSPS) is 17.9. The molecule has 10 heteroatoms. The third-order valence-corrected chi connectivity index (χ3v) is 5.68. The van der Waals surface area contributed by atoms with Crippen LogP contribution in [-0.4, -0.2) is 64.9 Å². The molecule has 0 spiro atoms. The van der Waals surface area contributed by atoms with Crippen molar-refractivity contribution in [2.24, 2.45) is 5.92 Å². The van der Waals surface area contributed by atoms with Gasteiger partial charge in [-0.05, 0) is 12.8 Å². The predicted molar refractivity (Wildman–Crippen MR) is 100 cm³/mol. The van der Waals surface area contributed by atoms with E-state index in [1.807, 2.05) is 0 Å². The first-order valence-corrected chi connectivity index (χ1v) is 10.0. The van der Waals surface area contributed by atoms with E-state index >= 15 is 0 Å². The van der Waals surface area contributed by atoms with Crippen LogP contribution in [-0.2, 0) is 23.9 Å². The molecule has 1 saturated heterocycles. The molecule has 1 aliphatic carbocycles. The third-order valence-electron chi connectivity index (χ3n) is 4.25. The Morgan fingerprint density at radius 2 is 1.92 bits per heavy atom. The van der Waals surface area contributed by atoms with Crippen molar-refractivity contribution in [2.75, 3.05) is 32.0 Å². The van der Waals surface area contributed by atoms with Crippen LogP contribution >= 0.6 is 24.0 Å². The lowest BCUT2D eigenvalue weighted by Crippen LogP contribution is -2.40. The van der Waals surface area contributed by atoms with Gasteiger partial charge >= 0.3 is 5.97 Å². The topological polar surface area (TPSA) is 105 Å². The van der Waals surface area contributed by atoms with Crippen molar-refractivity contribution in [1.82, 2.24) is 15.5 Å². The number of carbonyl (C=O) groups excluding carboxylic acids is 4. The molecule has 1 heterocycles. The summed E-state index contributed by atoms with van der Waals surface area (Å²) in [7, 11) is 0. The monoisotopic (exact) mass is 401 g/mol. The van der Waals surface area contributed by atoms with Crippen molar-refractivity contribution in [3.8, 4) is 0 Å². The molecule has 1 saturated carbocycles. The van der Waals surface area contributed by atoms with Gasteiger partial charge in [0.15, 0.2) is 6.61 Å². The van der Waals surface area contributed by atoms with Gasteiger partial charge in [-0.1, -0.05) is 43.2 Å². The Labute approximate surface area is 161 Å². The number of nitrogens with one attached hydrogen (secondary N) is 2. The molecular formula is C16H23N3O5S2. The van der Waals surface area contributed by atoms with Crippen molar-refractivity contribution >= 4 is 52.0 Å². The summed E-state index contributed by atoms with van der Waals surface area (Å²) in [4.78, 5) is 48.1. The minimum Gasteiger partial charge on any atom is -0.454 e. The number of amides is 3. The van der Waals surface area contributed by atoms with E-state index in [0.717, 1.165) is 32.1 Å². The Balaban J connectivity index is 1.55. The number of thioether (sulfide) groups is 1. The lowest BCUT2D eigenvalue weighted by Gasteiger charge is -2.20. The molecule has 0 atom stereocenters. The Morgan fingerprint density at radius 1 is 1.19 bits per heavy atom. The highest BCUT2D eigenvalue weighted by molar-refractivity contribution is 8.23. The Kier molecular flexibility index (Phi) is 8.30. The lowest BCUT2D eigenvalue weighted by atomic mass is 9.89. The maximum Gasteiger partial charge on any atom is 0.325 e. The van der Waals surface area contributed by atoms with E-state index < -0.39 is 18.5 Å². The summed E-state index contributed by atoms with van der Waals surface area (Å²) < 4.78 is 5.33. The minimum absolute atomic E-state index is 0.0302. The highest BCUT2D eigenvalue weighted by atomic mass is 32.2. The Bertz CT molecular complexity index is 562. The summed E-state index contributed by atoms with van der Waals surface area (Å²) in [5, 5.41) is 5.12. The fourth-order valence-electron chi connectivity index (χ4n) is 2.82. The fourth-order valence-corrected chi connectivity index (χ4v) is 3.94. The predicted octanol–water partition coefficient (Wildman–Crippen LogP) is 0.203. The smallest absolute Gasteiger partial charge is 0.325 e. The van der Waals surface area contributed by atoms with Crippen molar-refractivity contribution < 1.29 is 23.9 Å². The number of thiocarbonyl (C=S) groups is 1. The van der Waals surface area contributed by atoms with Crippen LogP contribution in [0.4, 0.5) is 0 Å². The average molecular weight is 402 g/mol. The van der Waals surface area contributed by atoms with E-state index in [2.05, 4.69) is 10.6 Å². The number of esters is 1. The molecule has 0 unspecified atom stereocenters. The number of nitrogens with zero attached hydrogens (tertiary/aromatic N) is 1. The summed E-state index contributed by atoms with van der Waals surface area (Å²) >= 11 is 6.33. The Morgan fingerprint density at radius 3 is 2.58 bits per heavy atom. The summed E-state index contributed by atoms with van der Waals surface area (Å²) in [6.07, 6.45) is 4.93. The zero-order valence-electron chi connectivity index (χ0n) is 14.5. The van der Waals surface area contributed by atoms with E-state index in [1.165, 1.54) is 16.7 Å². The molecular weight excluding hydrogens is 378 g/mol. The summed E-state index contributed by atoms with van der Waals surface area (Å²) in [5.74, 6) is -1.03. The van der Waals surface area contributed by atoms with Crippen molar-refractivity contribution in [2.45, 2.75) is 32.1 Å². The van der Waals surface area contributed by atoms with E-state index in [1.54, 1.807) is 0 Å². The van der Waals surface area contributed by atoms with Crippen LogP contribution in [0.15, 0.2) is 0 Å². The molecule has 0 aromatic heterocycles. The van der Waals surface area contributed by atoms with Crippen LogP contribution in [0, 0.1) is 5.92 Å². The van der Waals surface area contributed by atoms with Crippen LogP contribution in [0.25, 0.3) is 0 Å². The largest absolute Gasteiger partial charge is 0.454 e. The summed E-state index contributed by atoms with van der Waals surface area (Å²) in [5.41, 5.74) is 0. The number of ether oxygens (including phenoxy) is 1. The molecule has 0 radical (unpaired) electrons. The van der Waals surface area contributed by atoms with Gasteiger partial charge in [-0.3, -0.25) is 24.1 Å². The van der Waals surface area contributed by atoms with Gasteiger partial charge in [0.1, 0.15) is 10.9 Å². The molecule has 8 nitrogen and oxygen atoms in total. The first-order chi connectivity index (χ1) is 12.5. The molecule has 0 aromatic carbocycles. The van der Waals surface area contributed by atoms with Gasteiger partial charge in [-0.15, -0.1) is 0 Å². The zero-order chi connectivity index (χ0) is 18.9. The second-order valence-corrected chi connectivity index (χ2v) is 7.77.